The van der Waals surface area contributed by atoms with Crippen molar-refractivity contribution in [1.82, 2.24) is 19.8 Å². The van der Waals surface area contributed by atoms with Gasteiger partial charge in [0.25, 0.3) is 0 Å². The summed E-state index contributed by atoms with van der Waals surface area (Å²) in [7, 11) is 0. The maximum atomic E-state index is 13.2. The average Bonchev–Trinajstić information content (AvgIpc) is 3.10. The Morgan fingerprint density at radius 1 is 1.31 bits per heavy atom. The lowest BCUT2D eigenvalue weighted by Gasteiger charge is -2.52. The summed E-state index contributed by atoms with van der Waals surface area (Å²) in [4.78, 5) is 37.7. The fraction of sp³-hybridized carbons (Fsp3) is 0.737. The van der Waals surface area contributed by atoms with E-state index in [1.54, 1.807) is 18.1 Å². The van der Waals surface area contributed by atoms with Gasteiger partial charge in [0.1, 0.15) is 0 Å². The Morgan fingerprint density at radius 3 is 2.65 bits per heavy atom. The van der Waals surface area contributed by atoms with E-state index >= 15 is 0 Å². The molecule has 1 unspecified atom stereocenters. The number of nitrogens with zero attached hydrogens (tertiary/aromatic N) is 3. The Hall–Kier alpha value is -1.50. The Labute approximate surface area is 159 Å². The molecule has 1 aliphatic carbocycles. The molecule has 26 heavy (non-hydrogen) atoms. The molecule has 1 saturated heterocycles. The lowest BCUT2D eigenvalue weighted by Crippen LogP contribution is -2.60. The zero-order valence-corrected chi connectivity index (χ0v) is 16.5. The van der Waals surface area contributed by atoms with E-state index in [0.29, 0.717) is 19.0 Å². The van der Waals surface area contributed by atoms with Crippen LogP contribution in [-0.2, 0) is 21.5 Å². The summed E-state index contributed by atoms with van der Waals surface area (Å²) < 4.78 is 0. The number of imidazole rings is 1. The van der Waals surface area contributed by atoms with Gasteiger partial charge in [0.05, 0.1) is 22.8 Å². The largest absolute Gasteiger partial charge is 0.348 e. The van der Waals surface area contributed by atoms with Crippen molar-refractivity contribution in [1.29, 1.82) is 0 Å². The molecule has 1 spiro atoms. The third-order valence-corrected chi connectivity index (χ3v) is 7.49. The van der Waals surface area contributed by atoms with Gasteiger partial charge in [0.2, 0.25) is 11.8 Å². The number of carbonyl (C=O) groups excluding carboxylic acids is 2. The molecule has 6 nitrogen and oxygen atoms in total. The molecule has 1 aromatic rings. The second kappa shape index (κ2) is 6.91. The zero-order valence-electron chi connectivity index (χ0n) is 15.7. The van der Waals surface area contributed by atoms with Crippen molar-refractivity contribution in [3.05, 3.63) is 17.7 Å². The third kappa shape index (κ3) is 2.75. The monoisotopic (exact) mass is 376 g/mol. The van der Waals surface area contributed by atoms with Crippen molar-refractivity contribution >= 4 is 23.6 Å². The van der Waals surface area contributed by atoms with Gasteiger partial charge in [-0.1, -0.05) is 6.42 Å². The molecule has 1 saturated carbocycles. The summed E-state index contributed by atoms with van der Waals surface area (Å²) in [5, 5.41) is -0.0101. The molecular formula is C19H28N4O2S. The predicted octanol–water partition coefficient (Wildman–Crippen LogP) is 2.16. The SMILES string of the molecule is CSC(C)C(=O)N1CCC2(CC1)c1nc[nH]c1CCN2C(=O)C1CCC1. The quantitative estimate of drug-likeness (QED) is 0.878. The summed E-state index contributed by atoms with van der Waals surface area (Å²) in [6.07, 6.45) is 9.37. The fourth-order valence-corrected chi connectivity index (χ4v) is 4.99. The highest BCUT2D eigenvalue weighted by Crippen LogP contribution is 2.44. The normalized spacial score (nSPS) is 23.5. The van der Waals surface area contributed by atoms with Crippen LogP contribution in [0.15, 0.2) is 6.33 Å². The number of thioether (sulfide) groups is 1. The number of rotatable bonds is 3. The Morgan fingerprint density at radius 2 is 2.04 bits per heavy atom. The first kappa shape index (κ1) is 17.9. The first-order chi connectivity index (χ1) is 12.6. The number of hydrogen-bond acceptors (Lipinski definition) is 4. The topological polar surface area (TPSA) is 69.3 Å². The molecule has 1 atom stereocenters. The molecule has 2 aliphatic heterocycles. The maximum absolute atomic E-state index is 13.2. The van der Waals surface area contributed by atoms with Gasteiger partial charge in [0, 0.05) is 37.7 Å². The van der Waals surface area contributed by atoms with Crippen LogP contribution in [0.1, 0.15) is 50.4 Å². The molecule has 142 valence electrons. The number of carbonyl (C=O) groups is 2. The molecule has 7 heteroatoms. The van der Waals surface area contributed by atoms with Gasteiger partial charge in [-0.05, 0) is 38.9 Å². The highest BCUT2D eigenvalue weighted by atomic mass is 32.2. The number of aromatic amines is 1. The standard InChI is InChI=1S/C19H28N4O2S/c1-13(26-2)17(24)22-10-7-19(8-11-22)16-15(20-12-21-16)6-9-23(19)18(25)14-4-3-5-14/h12-14H,3-11H2,1-2H3,(H,20,21). The smallest absolute Gasteiger partial charge is 0.235 e. The van der Waals surface area contributed by atoms with E-state index < -0.39 is 0 Å². The molecule has 0 aromatic carbocycles. The number of aromatic nitrogens is 2. The minimum Gasteiger partial charge on any atom is -0.348 e. The van der Waals surface area contributed by atoms with Crippen LogP contribution in [-0.4, -0.2) is 62.7 Å². The molecular weight excluding hydrogens is 348 g/mol. The van der Waals surface area contributed by atoms with Crippen LogP contribution < -0.4 is 0 Å². The second-order valence-corrected chi connectivity index (χ2v) is 9.01. The predicted molar refractivity (Wildman–Crippen MR) is 102 cm³/mol. The molecule has 2 amide bonds. The molecule has 1 aromatic heterocycles. The van der Waals surface area contributed by atoms with Crippen LogP contribution in [0.3, 0.4) is 0 Å². The van der Waals surface area contributed by atoms with E-state index in [-0.39, 0.29) is 22.6 Å². The minimum atomic E-state index is -0.334. The maximum Gasteiger partial charge on any atom is 0.235 e. The molecule has 1 N–H and O–H groups in total. The zero-order chi connectivity index (χ0) is 18.3. The van der Waals surface area contributed by atoms with Crippen molar-refractivity contribution in [3.8, 4) is 0 Å². The molecule has 0 bridgehead atoms. The Kier molecular flexibility index (Phi) is 4.75. The summed E-state index contributed by atoms with van der Waals surface area (Å²) in [5.41, 5.74) is 1.88. The van der Waals surface area contributed by atoms with Crippen molar-refractivity contribution < 1.29 is 9.59 Å². The number of piperidine rings is 1. The van der Waals surface area contributed by atoms with Crippen molar-refractivity contribution in [2.45, 2.75) is 56.2 Å². The molecule has 4 rings (SSSR count). The van der Waals surface area contributed by atoms with Gasteiger partial charge in [-0.15, -0.1) is 0 Å². The summed E-state index contributed by atoms with van der Waals surface area (Å²) in [6, 6.07) is 0. The minimum absolute atomic E-state index is 0.0101. The number of H-pyrrole nitrogens is 1. The second-order valence-electron chi connectivity index (χ2n) is 7.83. The van der Waals surface area contributed by atoms with E-state index in [0.717, 1.165) is 44.3 Å². The van der Waals surface area contributed by atoms with Crippen LogP contribution in [0, 0.1) is 5.92 Å². The summed E-state index contributed by atoms with van der Waals surface area (Å²) in [6.45, 7) is 4.13. The third-order valence-electron chi connectivity index (χ3n) is 6.59. The number of likely N-dealkylation sites (tertiary alicyclic amines) is 1. The molecule has 0 radical (unpaired) electrons. The van der Waals surface area contributed by atoms with Crippen LogP contribution in [0.5, 0.6) is 0 Å². The van der Waals surface area contributed by atoms with Crippen LogP contribution >= 0.6 is 11.8 Å². The van der Waals surface area contributed by atoms with Gasteiger partial charge in [-0.2, -0.15) is 11.8 Å². The number of nitrogens with one attached hydrogen (secondary N) is 1. The van der Waals surface area contributed by atoms with E-state index in [4.69, 9.17) is 0 Å². The van der Waals surface area contributed by atoms with Crippen molar-refractivity contribution in [2.75, 3.05) is 25.9 Å². The molecule has 2 fully saturated rings. The Balaban J connectivity index is 1.59. The summed E-state index contributed by atoms with van der Waals surface area (Å²) >= 11 is 1.59. The Bertz CT molecular complexity index is 691. The number of fused-ring (bicyclic) bond motifs is 2. The number of amides is 2. The van der Waals surface area contributed by atoms with E-state index in [1.807, 2.05) is 18.1 Å². The van der Waals surface area contributed by atoms with E-state index in [1.165, 1.54) is 12.1 Å². The number of hydrogen-bond donors (Lipinski definition) is 1. The van der Waals surface area contributed by atoms with Gasteiger partial charge in [-0.25, -0.2) is 4.98 Å². The van der Waals surface area contributed by atoms with Crippen LogP contribution in [0.25, 0.3) is 0 Å². The molecule has 3 heterocycles. The van der Waals surface area contributed by atoms with Crippen molar-refractivity contribution in [3.63, 3.8) is 0 Å². The summed E-state index contributed by atoms with van der Waals surface area (Å²) in [5.74, 6) is 0.716. The van der Waals surface area contributed by atoms with Gasteiger partial charge in [-0.3, -0.25) is 9.59 Å². The van der Waals surface area contributed by atoms with Gasteiger partial charge in [0.15, 0.2) is 0 Å². The first-order valence-electron chi connectivity index (χ1n) is 9.72. The lowest BCUT2D eigenvalue weighted by atomic mass is 9.76. The van der Waals surface area contributed by atoms with Crippen LogP contribution in [0.2, 0.25) is 0 Å². The molecule has 3 aliphatic rings. The highest BCUT2D eigenvalue weighted by molar-refractivity contribution is 7.99. The lowest BCUT2D eigenvalue weighted by molar-refractivity contribution is -0.150. The van der Waals surface area contributed by atoms with Gasteiger partial charge < -0.3 is 14.8 Å². The van der Waals surface area contributed by atoms with Crippen molar-refractivity contribution in [2.24, 2.45) is 5.92 Å². The van der Waals surface area contributed by atoms with E-state index in [2.05, 4.69) is 14.9 Å². The first-order valence-corrected chi connectivity index (χ1v) is 11.0. The van der Waals surface area contributed by atoms with Crippen LogP contribution in [0.4, 0.5) is 0 Å². The fourth-order valence-electron chi connectivity index (χ4n) is 4.64. The average molecular weight is 377 g/mol. The van der Waals surface area contributed by atoms with Gasteiger partial charge >= 0.3 is 0 Å². The highest BCUT2D eigenvalue weighted by Gasteiger charge is 2.50. The van der Waals surface area contributed by atoms with E-state index in [9.17, 15) is 9.59 Å².